The Labute approximate surface area is 152 Å². The Hall–Kier alpha value is -2.79. The van der Waals surface area contributed by atoms with Crippen molar-refractivity contribution < 1.29 is 9.53 Å². The molecule has 0 radical (unpaired) electrons. The third-order valence-electron chi connectivity index (χ3n) is 4.84. The summed E-state index contributed by atoms with van der Waals surface area (Å²) >= 11 is 0. The summed E-state index contributed by atoms with van der Waals surface area (Å²) in [7, 11) is 0. The first-order valence-corrected chi connectivity index (χ1v) is 8.90. The van der Waals surface area contributed by atoms with Crippen molar-refractivity contribution in [3.05, 3.63) is 54.2 Å². The topological polar surface area (TPSA) is 55.3 Å². The van der Waals surface area contributed by atoms with Crippen LogP contribution in [-0.2, 0) is 9.53 Å². The molecule has 4 rings (SSSR count). The fourth-order valence-corrected chi connectivity index (χ4v) is 3.18. The highest BCUT2D eigenvalue weighted by Gasteiger charge is 2.13. The zero-order valence-electron chi connectivity index (χ0n) is 14.8. The number of fused-ring (bicyclic) bond motifs is 1. The van der Waals surface area contributed by atoms with Crippen LogP contribution in [0.5, 0.6) is 0 Å². The van der Waals surface area contributed by atoms with Crippen molar-refractivity contribution in [2.75, 3.05) is 31.2 Å². The molecule has 1 unspecified atom stereocenters. The van der Waals surface area contributed by atoms with Gasteiger partial charge in [0.05, 0.1) is 30.4 Å². The standard InChI is InChI=1S/C21H21N3O2/c1-15(14-25)16-2-4-17(5-3-16)18-6-7-19-20(12-18)23-21(13-22-19)24-8-10-26-11-9-24/h2-7,12-15H,8-11H2,1H3. The number of carbonyl (C=O) groups excluding carboxylic acids is 1. The van der Waals surface area contributed by atoms with Gasteiger partial charge in [-0.3, -0.25) is 4.98 Å². The highest BCUT2D eigenvalue weighted by atomic mass is 16.5. The van der Waals surface area contributed by atoms with E-state index in [0.717, 1.165) is 66.1 Å². The van der Waals surface area contributed by atoms with Gasteiger partial charge in [-0.1, -0.05) is 37.3 Å². The van der Waals surface area contributed by atoms with Crippen molar-refractivity contribution in [2.24, 2.45) is 0 Å². The second-order valence-electron chi connectivity index (χ2n) is 6.58. The molecule has 1 saturated heterocycles. The minimum atomic E-state index is -0.0809. The van der Waals surface area contributed by atoms with Gasteiger partial charge in [0, 0.05) is 19.0 Å². The molecule has 3 aromatic rings. The number of aromatic nitrogens is 2. The van der Waals surface area contributed by atoms with Crippen LogP contribution in [0.15, 0.2) is 48.7 Å². The van der Waals surface area contributed by atoms with E-state index >= 15 is 0 Å². The number of ether oxygens (including phenoxy) is 1. The molecule has 0 bridgehead atoms. The number of hydrogen-bond donors (Lipinski definition) is 0. The summed E-state index contributed by atoms with van der Waals surface area (Å²) < 4.78 is 5.41. The van der Waals surface area contributed by atoms with Crippen LogP contribution in [0.25, 0.3) is 22.2 Å². The number of anilines is 1. The Balaban J connectivity index is 1.66. The molecule has 2 heterocycles. The molecule has 132 valence electrons. The SMILES string of the molecule is CC(C=O)c1ccc(-c2ccc3ncc(N4CCOCC4)nc3c2)cc1. The Morgan fingerprint density at radius 3 is 2.50 bits per heavy atom. The van der Waals surface area contributed by atoms with Crippen molar-refractivity contribution >= 4 is 23.1 Å². The summed E-state index contributed by atoms with van der Waals surface area (Å²) in [5.74, 6) is 0.815. The number of carbonyl (C=O) groups is 1. The number of nitrogens with zero attached hydrogens (tertiary/aromatic N) is 3. The lowest BCUT2D eigenvalue weighted by atomic mass is 9.98. The molecule has 1 aliphatic heterocycles. The van der Waals surface area contributed by atoms with Gasteiger partial charge in [0.15, 0.2) is 0 Å². The van der Waals surface area contributed by atoms with E-state index in [4.69, 9.17) is 9.72 Å². The van der Waals surface area contributed by atoms with Gasteiger partial charge in [-0.05, 0) is 28.8 Å². The monoisotopic (exact) mass is 347 g/mol. The van der Waals surface area contributed by atoms with Crippen LogP contribution in [-0.4, -0.2) is 42.6 Å². The van der Waals surface area contributed by atoms with E-state index in [1.165, 1.54) is 0 Å². The fraction of sp³-hybridized carbons (Fsp3) is 0.286. The lowest BCUT2D eigenvalue weighted by Gasteiger charge is -2.27. The fourth-order valence-electron chi connectivity index (χ4n) is 3.18. The van der Waals surface area contributed by atoms with Crippen LogP contribution in [0.4, 0.5) is 5.82 Å². The van der Waals surface area contributed by atoms with E-state index in [1.54, 1.807) is 0 Å². The van der Waals surface area contributed by atoms with Crippen LogP contribution in [0.1, 0.15) is 18.4 Å². The molecule has 26 heavy (non-hydrogen) atoms. The van der Waals surface area contributed by atoms with Crippen LogP contribution in [0.2, 0.25) is 0 Å². The van der Waals surface area contributed by atoms with Gasteiger partial charge >= 0.3 is 0 Å². The van der Waals surface area contributed by atoms with Gasteiger partial charge in [0.2, 0.25) is 0 Å². The predicted octanol–water partition coefficient (Wildman–Crippen LogP) is 3.44. The maximum absolute atomic E-state index is 10.9. The summed E-state index contributed by atoms with van der Waals surface area (Å²) in [4.78, 5) is 22.5. The molecular weight excluding hydrogens is 326 g/mol. The van der Waals surface area contributed by atoms with E-state index in [-0.39, 0.29) is 5.92 Å². The van der Waals surface area contributed by atoms with Gasteiger partial charge in [-0.15, -0.1) is 0 Å². The molecule has 0 amide bonds. The minimum absolute atomic E-state index is 0.0809. The molecule has 1 atom stereocenters. The minimum Gasteiger partial charge on any atom is -0.378 e. The van der Waals surface area contributed by atoms with E-state index in [0.29, 0.717) is 0 Å². The zero-order chi connectivity index (χ0) is 17.9. The van der Waals surface area contributed by atoms with Gasteiger partial charge in [-0.2, -0.15) is 0 Å². The van der Waals surface area contributed by atoms with Crippen molar-refractivity contribution in [2.45, 2.75) is 12.8 Å². The van der Waals surface area contributed by atoms with Crippen molar-refractivity contribution in [1.82, 2.24) is 9.97 Å². The molecular formula is C21H21N3O2. The van der Waals surface area contributed by atoms with Gasteiger partial charge in [0.1, 0.15) is 12.1 Å². The van der Waals surface area contributed by atoms with Crippen molar-refractivity contribution in [1.29, 1.82) is 0 Å². The quantitative estimate of drug-likeness (QED) is 0.677. The summed E-state index contributed by atoms with van der Waals surface area (Å²) in [5, 5.41) is 0. The molecule has 5 nitrogen and oxygen atoms in total. The maximum atomic E-state index is 10.9. The van der Waals surface area contributed by atoms with Gasteiger partial charge in [-0.25, -0.2) is 4.98 Å². The average molecular weight is 347 g/mol. The van der Waals surface area contributed by atoms with Crippen LogP contribution >= 0.6 is 0 Å². The third-order valence-corrected chi connectivity index (χ3v) is 4.84. The molecule has 0 saturated carbocycles. The first kappa shape index (κ1) is 16.7. The Kier molecular flexibility index (Phi) is 4.63. The summed E-state index contributed by atoms with van der Waals surface area (Å²) in [6.07, 6.45) is 2.80. The molecule has 1 fully saturated rings. The zero-order valence-corrected chi connectivity index (χ0v) is 14.8. The summed E-state index contributed by atoms with van der Waals surface area (Å²) in [6.45, 7) is 5.05. The van der Waals surface area contributed by atoms with Gasteiger partial charge in [0.25, 0.3) is 0 Å². The highest BCUT2D eigenvalue weighted by molar-refractivity contribution is 5.82. The number of hydrogen-bond acceptors (Lipinski definition) is 5. The maximum Gasteiger partial charge on any atom is 0.148 e. The number of rotatable bonds is 4. The molecule has 1 aromatic heterocycles. The number of benzene rings is 2. The van der Waals surface area contributed by atoms with E-state index < -0.39 is 0 Å². The second-order valence-corrected chi connectivity index (χ2v) is 6.58. The largest absolute Gasteiger partial charge is 0.378 e. The number of morpholine rings is 1. The molecule has 0 aliphatic carbocycles. The smallest absolute Gasteiger partial charge is 0.148 e. The van der Waals surface area contributed by atoms with Crippen LogP contribution in [0.3, 0.4) is 0 Å². The van der Waals surface area contributed by atoms with Crippen molar-refractivity contribution in [3.8, 4) is 11.1 Å². The molecule has 0 N–H and O–H groups in total. The molecule has 5 heteroatoms. The van der Waals surface area contributed by atoms with E-state index in [1.807, 2.05) is 31.3 Å². The Morgan fingerprint density at radius 2 is 1.77 bits per heavy atom. The highest BCUT2D eigenvalue weighted by Crippen LogP contribution is 2.26. The second kappa shape index (κ2) is 7.22. The normalized spacial score (nSPS) is 15.8. The molecule has 2 aromatic carbocycles. The van der Waals surface area contributed by atoms with Crippen molar-refractivity contribution in [3.63, 3.8) is 0 Å². The lowest BCUT2D eigenvalue weighted by molar-refractivity contribution is -0.108. The Bertz CT molecular complexity index is 918. The van der Waals surface area contributed by atoms with E-state index in [9.17, 15) is 4.79 Å². The summed E-state index contributed by atoms with van der Waals surface area (Å²) in [6, 6.07) is 14.3. The average Bonchev–Trinajstić information content (AvgIpc) is 2.73. The molecule has 1 aliphatic rings. The summed E-state index contributed by atoms with van der Waals surface area (Å²) in [5.41, 5.74) is 5.00. The predicted molar refractivity (Wildman–Crippen MR) is 102 cm³/mol. The van der Waals surface area contributed by atoms with Crippen LogP contribution < -0.4 is 4.90 Å². The third kappa shape index (κ3) is 3.30. The lowest BCUT2D eigenvalue weighted by Crippen LogP contribution is -2.36. The van der Waals surface area contributed by atoms with Gasteiger partial charge < -0.3 is 14.4 Å². The number of aldehydes is 1. The first-order valence-electron chi connectivity index (χ1n) is 8.90. The molecule has 0 spiro atoms. The van der Waals surface area contributed by atoms with Crippen LogP contribution in [0, 0.1) is 0 Å². The first-order chi connectivity index (χ1) is 12.7. The van der Waals surface area contributed by atoms with E-state index in [2.05, 4.69) is 34.1 Å². The Morgan fingerprint density at radius 1 is 1.04 bits per heavy atom.